The van der Waals surface area contributed by atoms with E-state index in [1.807, 2.05) is 19.1 Å². The Balaban J connectivity index is 1.68. The molecule has 0 radical (unpaired) electrons. The molecule has 0 aromatic heterocycles. The van der Waals surface area contributed by atoms with E-state index in [9.17, 15) is 23.6 Å². The Morgan fingerprint density at radius 1 is 1.12 bits per heavy atom. The predicted molar refractivity (Wildman–Crippen MR) is 121 cm³/mol. The normalized spacial score (nSPS) is 20.5. The van der Waals surface area contributed by atoms with Crippen molar-refractivity contribution < 1.29 is 23.6 Å². The molecular formula is C25H32FN3O4. The van der Waals surface area contributed by atoms with E-state index >= 15 is 0 Å². The van der Waals surface area contributed by atoms with Crippen LogP contribution in [0.2, 0.25) is 0 Å². The number of allylic oxidation sites excluding steroid dienone is 2. The van der Waals surface area contributed by atoms with E-state index in [4.69, 9.17) is 0 Å². The summed E-state index contributed by atoms with van der Waals surface area (Å²) in [6, 6.07) is 5.00. The van der Waals surface area contributed by atoms with Gasteiger partial charge in [0.2, 0.25) is 23.6 Å². The van der Waals surface area contributed by atoms with Gasteiger partial charge in [0.1, 0.15) is 11.9 Å². The van der Waals surface area contributed by atoms with E-state index in [1.54, 1.807) is 19.1 Å². The Morgan fingerprint density at radius 3 is 2.30 bits per heavy atom. The molecule has 1 aliphatic carbocycles. The van der Waals surface area contributed by atoms with Crippen LogP contribution < -0.4 is 5.32 Å². The average Bonchev–Trinajstić information content (AvgIpc) is 3.06. The first kappa shape index (κ1) is 24.6. The second kappa shape index (κ2) is 11.2. The van der Waals surface area contributed by atoms with Gasteiger partial charge < -0.3 is 10.2 Å². The van der Waals surface area contributed by atoms with Gasteiger partial charge in [-0.3, -0.25) is 24.1 Å². The molecule has 1 unspecified atom stereocenters. The maximum atomic E-state index is 13.3. The average molecular weight is 458 g/mol. The van der Waals surface area contributed by atoms with E-state index < -0.39 is 6.04 Å². The number of unbranched alkanes of at least 4 members (excludes halogenated alkanes) is 1. The van der Waals surface area contributed by atoms with Crippen LogP contribution >= 0.6 is 0 Å². The number of benzene rings is 1. The van der Waals surface area contributed by atoms with Crippen molar-refractivity contribution >= 4 is 23.6 Å². The number of imide groups is 1. The maximum absolute atomic E-state index is 13.3. The number of amides is 4. The topological polar surface area (TPSA) is 86.8 Å². The lowest BCUT2D eigenvalue weighted by Crippen LogP contribution is -2.48. The van der Waals surface area contributed by atoms with E-state index in [2.05, 4.69) is 5.32 Å². The number of hydrogen-bond donors (Lipinski definition) is 1. The molecule has 1 N–H and O–H groups in total. The minimum atomic E-state index is -0.754. The van der Waals surface area contributed by atoms with Crippen molar-refractivity contribution in [3.05, 3.63) is 47.8 Å². The second-order valence-corrected chi connectivity index (χ2v) is 8.70. The number of halogens is 1. The zero-order chi connectivity index (χ0) is 24.0. The van der Waals surface area contributed by atoms with Crippen LogP contribution in [-0.4, -0.2) is 52.6 Å². The summed E-state index contributed by atoms with van der Waals surface area (Å²) in [5.74, 6) is -2.12. The lowest BCUT2D eigenvalue weighted by Gasteiger charge is -2.29. The number of hydrogen-bond acceptors (Lipinski definition) is 4. The molecule has 0 bridgehead atoms. The van der Waals surface area contributed by atoms with Crippen molar-refractivity contribution in [2.24, 2.45) is 11.8 Å². The Morgan fingerprint density at radius 2 is 1.73 bits per heavy atom. The van der Waals surface area contributed by atoms with Crippen molar-refractivity contribution in [1.82, 2.24) is 15.1 Å². The standard InChI is InChI=1S/C25H32FN3O4/c1-3-4-14-27-23(31)17(2)29(16-18-9-11-19(26)12-10-18)22(30)13-15-28-24(32)20-7-5-6-8-21(20)25(28)33/h5-6,9-12,17,20-21H,3-4,7-8,13-16H2,1-2H3,(H,27,31)/t17?,20-,21+. The quantitative estimate of drug-likeness (QED) is 0.333. The van der Waals surface area contributed by atoms with Gasteiger partial charge in [-0.05, 0) is 43.9 Å². The smallest absolute Gasteiger partial charge is 0.242 e. The first-order valence-corrected chi connectivity index (χ1v) is 11.6. The molecule has 7 nitrogen and oxygen atoms in total. The Bertz CT molecular complexity index is 889. The molecule has 1 fully saturated rings. The molecule has 1 saturated heterocycles. The summed E-state index contributed by atoms with van der Waals surface area (Å²) in [6.45, 7) is 4.31. The second-order valence-electron chi connectivity index (χ2n) is 8.70. The van der Waals surface area contributed by atoms with Gasteiger partial charge in [-0.2, -0.15) is 0 Å². The number of fused-ring (bicyclic) bond motifs is 1. The lowest BCUT2D eigenvalue weighted by molar-refractivity contribution is -0.143. The fourth-order valence-corrected chi connectivity index (χ4v) is 4.35. The predicted octanol–water partition coefficient (Wildman–Crippen LogP) is 2.80. The van der Waals surface area contributed by atoms with Gasteiger partial charge in [0.05, 0.1) is 11.8 Å². The van der Waals surface area contributed by atoms with Crippen LogP contribution in [0.4, 0.5) is 4.39 Å². The summed E-state index contributed by atoms with van der Waals surface area (Å²) < 4.78 is 13.3. The number of nitrogens with one attached hydrogen (secondary N) is 1. The van der Waals surface area contributed by atoms with Gasteiger partial charge in [-0.25, -0.2) is 4.39 Å². The van der Waals surface area contributed by atoms with Crippen molar-refractivity contribution in [1.29, 1.82) is 0 Å². The molecule has 3 atom stereocenters. The van der Waals surface area contributed by atoms with Crippen LogP contribution in [0, 0.1) is 17.7 Å². The molecule has 1 heterocycles. The molecule has 0 saturated carbocycles. The molecule has 178 valence electrons. The van der Waals surface area contributed by atoms with Crippen molar-refractivity contribution in [3.63, 3.8) is 0 Å². The largest absolute Gasteiger partial charge is 0.354 e. The summed E-state index contributed by atoms with van der Waals surface area (Å²) in [7, 11) is 0. The molecule has 0 spiro atoms. The van der Waals surface area contributed by atoms with E-state index in [-0.39, 0.29) is 60.8 Å². The number of carbonyl (C=O) groups excluding carboxylic acids is 4. The highest BCUT2D eigenvalue weighted by atomic mass is 19.1. The van der Waals surface area contributed by atoms with Gasteiger partial charge >= 0.3 is 0 Å². The fraction of sp³-hybridized carbons (Fsp3) is 0.520. The van der Waals surface area contributed by atoms with E-state index in [0.29, 0.717) is 24.9 Å². The summed E-state index contributed by atoms with van der Waals surface area (Å²) in [6.07, 6.45) is 6.63. The van der Waals surface area contributed by atoms with Crippen LogP contribution in [0.3, 0.4) is 0 Å². The van der Waals surface area contributed by atoms with Crippen LogP contribution in [0.25, 0.3) is 0 Å². The fourth-order valence-electron chi connectivity index (χ4n) is 4.35. The third kappa shape index (κ3) is 5.86. The Hall–Kier alpha value is -3.03. The lowest BCUT2D eigenvalue weighted by atomic mass is 9.85. The molecule has 1 aromatic carbocycles. The van der Waals surface area contributed by atoms with Crippen molar-refractivity contribution in [2.45, 2.75) is 58.5 Å². The maximum Gasteiger partial charge on any atom is 0.242 e. The van der Waals surface area contributed by atoms with Gasteiger partial charge in [-0.15, -0.1) is 0 Å². The first-order valence-electron chi connectivity index (χ1n) is 11.6. The third-order valence-electron chi connectivity index (χ3n) is 6.41. The number of nitrogens with zero attached hydrogens (tertiary/aromatic N) is 2. The molecule has 1 aromatic rings. The Kier molecular flexibility index (Phi) is 8.36. The van der Waals surface area contributed by atoms with Crippen LogP contribution in [0.15, 0.2) is 36.4 Å². The highest BCUT2D eigenvalue weighted by molar-refractivity contribution is 6.05. The van der Waals surface area contributed by atoms with Gasteiger partial charge in [0, 0.05) is 26.1 Å². The zero-order valence-corrected chi connectivity index (χ0v) is 19.3. The van der Waals surface area contributed by atoms with Crippen LogP contribution in [0.1, 0.15) is 51.5 Å². The zero-order valence-electron chi connectivity index (χ0n) is 19.3. The molecular weight excluding hydrogens is 425 g/mol. The van der Waals surface area contributed by atoms with Crippen molar-refractivity contribution in [3.8, 4) is 0 Å². The highest BCUT2D eigenvalue weighted by Gasteiger charge is 2.47. The SMILES string of the molecule is CCCCNC(=O)C(C)N(Cc1ccc(F)cc1)C(=O)CCN1C(=O)[C@H]2CC=CC[C@H]2C1=O. The van der Waals surface area contributed by atoms with Crippen LogP contribution in [0.5, 0.6) is 0 Å². The molecule has 8 heteroatoms. The molecule has 33 heavy (non-hydrogen) atoms. The van der Waals surface area contributed by atoms with E-state index in [1.165, 1.54) is 21.9 Å². The van der Waals surface area contributed by atoms with Crippen LogP contribution in [-0.2, 0) is 25.7 Å². The Labute approximate surface area is 194 Å². The van der Waals surface area contributed by atoms with Crippen molar-refractivity contribution in [2.75, 3.05) is 13.1 Å². The first-order chi connectivity index (χ1) is 15.8. The van der Waals surface area contributed by atoms with Gasteiger partial charge in [0.25, 0.3) is 0 Å². The van der Waals surface area contributed by atoms with E-state index in [0.717, 1.165) is 12.8 Å². The summed E-state index contributed by atoms with van der Waals surface area (Å²) in [4.78, 5) is 53.8. The highest BCUT2D eigenvalue weighted by Crippen LogP contribution is 2.35. The third-order valence-corrected chi connectivity index (χ3v) is 6.41. The summed E-state index contributed by atoms with van der Waals surface area (Å²) >= 11 is 0. The number of rotatable bonds is 10. The monoisotopic (exact) mass is 457 g/mol. The minimum absolute atomic E-state index is 0.00636. The van der Waals surface area contributed by atoms with Gasteiger partial charge in [0.15, 0.2) is 0 Å². The minimum Gasteiger partial charge on any atom is -0.354 e. The number of carbonyl (C=O) groups is 4. The summed E-state index contributed by atoms with van der Waals surface area (Å²) in [5, 5.41) is 2.84. The number of likely N-dealkylation sites (tertiary alicyclic amines) is 1. The molecule has 2 aliphatic rings. The molecule has 3 rings (SSSR count). The molecule has 4 amide bonds. The van der Waals surface area contributed by atoms with Gasteiger partial charge in [-0.1, -0.05) is 37.6 Å². The molecule has 1 aliphatic heterocycles. The summed E-state index contributed by atoms with van der Waals surface area (Å²) in [5.41, 5.74) is 0.684.